The summed E-state index contributed by atoms with van der Waals surface area (Å²) in [4.78, 5) is 2.39. The van der Waals surface area contributed by atoms with Crippen LogP contribution in [0.1, 0.15) is 33.1 Å². The second kappa shape index (κ2) is 3.19. The zero-order valence-corrected chi connectivity index (χ0v) is 9.51. The molecule has 2 N–H and O–H groups in total. The maximum Gasteiger partial charge on any atom is 0.0799 e. The molecular formula is C11H22N2O. The third kappa shape index (κ3) is 1.30. The number of likely N-dealkylation sites (N-methyl/N-ethyl adjacent to an activating group) is 1. The minimum absolute atomic E-state index is 0.0280. The van der Waals surface area contributed by atoms with Crippen LogP contribution in [-0.2, 0) is 0 Å². The lowest BCUT2D eigenvalue weighted by molar-refractivity contribution is -0.0845. The van der Waals surface area contributed by atoms with Crippen molar-refractivity contribution in [3.8, 4) is 0 Å². The topological polar surface area (TPSA) is 35.5 Å². The van der Waals surface area contributed by atoms with E-state index in [2.05, 4.69) is 24.2 Å². The second-order valence-corrected chi connectivity index (χ2v) is 5.32. The SMILES string of the molecule is CN(C1CNC1)C1(C)CCCC1(C)O. The molecule has 2 rings (SSSR count). The average molecular weight is 198 g/mol. The molecule has 0 aromatic carbocycles. The number of hydrogen-bond acceptors (Lipinski definition) is 3. The number of nitrogens with one attached hydrogen (secondary N) is 1. The smallest absolute Gasteiger partial charge is 0.0799 e. The Morgan fingerprint density at radius 2 is 1.93 bits per heavy atom. The second-order valence-electron chi connectivity index (χ2n) is 5.32. The van der Waals surface area contributed by atoms with Crippen molar-refractivity contribution in [2.24, 2.45) is 0 Å². The number of rotatable bonds is 2. The molecule has 0 aromatic rings. The van der Waals surface area contributed by atoms with Gasteiger partial charge >= 0.3 is 0 Å². The Morgan fingerprint density at radius 3 is 2.29 bits per heavy atom. The molecule has 1 saturated heterocycles. The van der Waals surface area contributed by atoms with Gasteiger partial charge in [-0.25, -0.2) is 0 Å². The highest BCUT2D eigenvalue weighted by atomic mass is 16.3. The normalized spacial score (nSPS) is 44.4. The van der Waals surface area contributed by atoms with Gasteiger partial charge in [-0.15, -0.1) is 0 Å². The maximum absolute atomic E-state index is 10.4. The summed E-state index contributed by atoms with van der Waals surface area (Å²) in [6.07, 6.45) is 3.20. The molecule has 2 fully saturated rings. The van der Waals surface area contributed by atoms with Crippen LogP contribution >= 0.6 is 0 Å². The zero-order valence-electron chi connectivity index (χ0n) is 9.51. The van der Waals surface area contributed by atoms with Crippen molar-refractivity contribution < 1.29 is 5.11 Å². The molecule has 1 heterocycles. The zero-order chi connectivity index (χ0) is 10.4. The lowest BCUT2D eigenvalue weighted by Gasteiger charge is -2.50. The molecule has 0 radical (unpaired) electrons. The first-order valence-corrected chi connectivity index (χ1v) is 5.63. The van der Waals surface area contributed by atoms with Crippen LogP contribution in [0.4, 0.5) is 0 Å². The summed E-state index contributed by atoms with van der Waals surface area (Å²) in [7, 11) is 2.16. The third-order valence-corrected chi connectivity index (χ3v) is 4.57. The minimum atomic E-state index is -0.517. The summed E-state index contributed by atoms with van der Waals surface area (Å²) in [5.74, 6) is 0. The van der Waals surface area contributed by atoms with Gasteiger partial charge in [0.05, 0.1) is 5.60 Å². The molecule has 1 aliphatic carbocycles. The van der Waals surface area contributed by atoms with Gasteiger partial charge in [-0.2, -0.15) is 0 Å². The molecule has 2 aliphatic rings. The van der Waals surface area contributed by atoms with Crippen LogP contribution in [0, 0.1) is 0 Å². The Labute approximate surface area is 86.5 Å². The fraction of sp³-hybridized carbons (Fsp3) is 1.00. The molecular weight excluding hydrogens is 176 g/mol. The summed E-state index contributed by atoms with van der Waals surface area (Å²) >= 11 is 0. The largest absolute Gasteiger partial charge is 0.388 e. The van der Waals surface area contributed by atoms with Gasteiger partial charge < -0.3 is 10.4 Å². The molecule has 82 valence electrons. The molecule has 0 bridgehead atoms. The third-order valence-electron chi connectivity index (χ3n) is 4.57. The van der Waals surface area contributed by atoms with E-state index in [9.17, 15) is 5.11 Å². The first kappa shape index (κ1) is 10.4. The molecule has 2 unspecified atom stereocenters. The molecule has 1 saturated carbocycles. The van der Waals surface area contributed by atoms with Gasteiger partial charge in [0.15, 0.2) is 0 Å². The Morgan fingerprint density at radius 1 is 1.29 bits per heavy atom. The van der Waals surface area contributed by atoms with E-state index in [1.165, 1.54) is 0 Å². The molecule has 0 aromatic heterocycles. The van der Waals surface area contributed by atoms with Crippen LogP contribution in [0.25, 0.3) is 0 Å². The Balaban J connectivity index is 2.13. The van der Waals surface area contributed by atoms with Crippen molar-refractivity contribution >= 4 is 0 Å². The summed E-state index contributed by atoms with van der Waals surface area (Å²) < 4.78 is 0. The summed E-state index contributed by atoms with van der Waals surface area (Å²) in [5, 5.41) is 13.7. The van der Waals surface area contributed by atoms with Gasteiger partial charge in [0, 0.05) is 24.7 Å². The highest BCUT2D eigenvalue weighted by Gasteiger charge is 2.51. The summed E-state index contributed by atoms with van der Waals surface area (Å²) in [6, 6.07) is 0.615. The minimum Gasteiger partial charge on any atom is -0.388 e. The van der Waals surface area contributed by atoms with Crippen molar-refractivity contribution in [3.63, 3.8) is 0 Å². The summed E-state index contributed by atoms with van der Waals surface area (Å²) in [5.41, 5.74) is -0.545. The predicted molar refractivity (Wildman–Crippen MR) is 57.3 cm³/mol. The van der Waals surface area contributed by atoms with Gasteiger partial charge in [0.25, 0.3) is 0 Å². The highest BCUT2D eigenvalue weighted by Crippen LogP contribution is 2.43. The van der Waals surface area contributed by atoms with Crippen LogP contribution in [0.15, 0.2) is 0 Å². The van der Waals surface area contributed by atoms with E-state index in [1.54, 1.807) is 0 Å². The number of aliphatic hydroxyl groups is 1. The van der Waals surface area contributed by atoms with E-state index in [-0.39, 0.29) is 5.54 Å². The van der Waals surface area contributed by atoms with Crippen molar-refractivity contribution in [2.75, 3.05) is 20.1 Å². The van der Waals surface area contributed by atoms with Gasteiger partial charge in [-0.1, -0.05) is 0 Å². The quantitative estimate of drug-likeness (QED) is 0.681. The van der Waals surface area contributed by atoms with Gasteiger partial charge in [0.1, 0.15) is 0 Å². The first-order chi connectivity index (χ1) is 6.47. The Bertz CT molecular complexity index is 225. The van der Waals surface area contributed by atoms with Crippen molar-refractivity contribution in [1.29, 1.82) is 0 Å². The van der Waals surface area contributed by atoms with Gasteiger partial charge in [0.2, 0.25) is 0 Å². The standard InChI is InChI=1S/C11H22N2O/c1-10(5-4-6-11(10,2)14)13(3)9-7-12-8-9/h9,12,14H,4-8H2,1-3H3. The van der Waals surface area contributed by atoms with Crippen molar-refractivity contribution in [1.82, 2.24) is 10.2 Å². The predicted octanol–water partition coefficient (Wildman–Crippen LogP) is 0.584. The average Bonchev–Trinajstić information content (AvgIpc) is 2.24. The Hall–Kier alpha value is -0.120. The van der Waals surface area contributed by atoms with E-state index in [1.807, 2.05) is 6.92 Å². The monoisotopic (exact) mass is 198 g/mol. The molecule has 0 spiro atoms. The fourth-order valence-corrected chi connectivity index (χ4v) is 2.82. The molecule has 2 atom stereocenters. The van der Waals surface area contributed by atoms with Crippen LogP contribution < -0.4 is 5.32 Å². The first-order valence-electron chi connectivity index (χ1n) is 5.63. The van der Waals surface area contributed by atoms with E-state index < -0.39 is 5.60 Å². The maximum atomic E-state index is 10.4. The van der Waals surface area contributed by atoms with E-state index >= 15 is 0 Å². The van der Waals surface area contributed by atoms with E-state index in [0.717, 1.165) is 32.4 Å². The molecule has 0 amide bonds. The lowest BCUT2D eigenvalue weighted by atomic mass is 9.83. The van der Waals surface area contributed by atoms with Crippen LogP contribution in [-0.4, -0.2) is 47.3 Å². The van der Waals surface area contributed by atoms with E-state index in [4.69, 9.17) is 0 Å². The molecule has 3 heteroatoms. The number of hydrogen-bond donors (Lipinski definition) is 2. The molecule has 3 nitrogen and oxygen atoms in total. The highest BCUT2D eigenvalue weighted by molar-refractivity contribution is 5.08. The van der Waals surface area contributed by atoms with Crippen LogP contribution in [0.3, 0.4) is 0 Å². The summed E-state index contributed by atoms with van der Waals surface area (Å²) in [6.45, 7) is 6.34. The van der Waals surface area contributed by atoms with Gasteiger partial charge in [-0.05, 0) is 40.2 Å². The number of nitrogens with zero attached hydrogens (tertiary/aromatic N) is 1. The Kier molecular flexibility index (Phi) is 2.37. The molecule has 1 aliphatic heterocycles. The van der Waals surface area contributed by atoms with Crippen LogP contribution in [0.2, 0.25) is 0 Å². The molecule has 14 heavy (non-hydrogen) atoms. The van der Waals surface area contributed by atoms with Crippen molar-refractivity contribution in [2.45, 2.75) is 50.3 Å². The van der Waals surface area contributed by atoms with E-state index in [0.29, 0.717) is 6.04 Å². The van der Waals surface area contributed by atoms with Crippen molar-refractivity contribution in [3.05, 3.63) is 0 Å². The lowest BCUT2D eigenvalue weighted by Crippen LogP contribution is -2.66. The van der Waals surface area contributed by atoms with Gasteiger partial charge in [-0.3, -0.25) is 4.90 Å². The fourth-order valence-electron chi connectivity index (χ4n) is 2.82. The van der Waals surface area contributed by atoms with Crippen LogP contribution in [0.5, 0.6) is 0 Å².